The molecule has 0 aromatic heterocycles. The number of nitrogens with one attached hydrogen (secondary N) is 1. The minimum absolute atomic E-state index is 0.385. The molecule has 1 saturated carbocycles. The van der Waals surface area contributed by atoms with Crippen molar-refractivity contribution in [3.05, 3.63) is 33.8 Å². The molecule has 1 N–H and O–H groups in total. The van der Waals surface area contributed by atoms with Crippen LogP contribution >= 0.6 is 23.2 Å². The van der Waals surface area contributed by atoms with E-state index in [1.165, 1.54) is 37.8 Å². The van der Waals surface area contributed by atoms with Crippen LogP contribution < -0.4 is 5.32 Å². The van der Waals surface area contributed by atoms with Crippen molar-refractivity contribution in [2.75, 3.05) is 19.6 Å². The van der Waals surface area contributed by atoms with Crippen molar-refractivity contribution in [2.24, 2.45) is 0 Å². The quantitative estimate of drug-likeness (QED) is 0.897. The Morgan fingerprint density at radius 2 is 2.05 bits per heavy atom. The largest absolute Gasteiger partial charge is 0.308 e. The summed E-state index contributed by atoms with van der Waals surface area (Å²) in [6, 6.07) is 6.44. The Balaban J connectivity index is 1.63. The van der Waals surface area contributed by atoms with E-state index in [4.69, 9.17) is 23.2 Å². The second-order valence-corrected chi connectivity index (χ2v) is 7.52. The maximum atomic E-state index is 6.29. The summed E-state index contributed by atoms with van der Waals surface area (Å²) in [6.45, 7) is 5.68. The van der Waals surface area contributed by atoms with E-state index < -0.39 is 0 Å². The molecule has 0 radical (unpaired) electrons. The van der Waals surface area contributed by atoms with Gasteiger partial charge in [0.1, 0.15) is 0 Å². The molecule has 4 heteroatoms. The standard InChI is InChI=1S/C17H24Cl2N2/c1-13-11-20-17(7-2-3-8-17)12-21(13)9-6-14-4-5-15(18)10-16(14)19/h4-5,10,13,20H,2-3,6-9,11-12H2,1H3. The fraction of sp³-hybridized carbons (Fsp3) is 0.647. The fourth-order valence-corrected chi connectivity index (χ4v) is 4.27. The molecule has 0 bridgehead atoms. The van der Waals surface area contributed by atoms with Crippen LogP contribution in [0.2, 0.25) is 10.0 Å². The Kier molecular flexibility index (Phi) is 4.80. The summed E-state index contributed by atoms with van der Waals surface area (Å²) in [5, 5.41) is 5.31. The molecule has 2 aliphatic rings. The van der Waals surface area contributed by atoms with Crippen LogP contribution in [-0.4, -0.2) is 36.1 Å². The molecular weight excluding hydrogens is 303 g/mol. The van der Waals surface area contributed by atoms with Crippen LogP contribution in [0.3, 0.4) is 0 Å². The van der Waals surface area contributed by atoms with Crippen LogP contribution in [0, 0.1) is 0 Å². The smallest absolute Gasteiger partial charge is 0.0453 e. The Morgan fingerprint density at radius 3 is 2.76 bits per heavy atom. The van der Waals surface area contributed by atoms with Gasteiger partial charge >= 0.3 is 0 Å². The summed E-state index contributed by atoms with van der Waals surface area (Å²) < 4.78 is 0. The van der Waals surface area contributed by atoms with E-state index >= 15 is 0 Å². The minimum atomic E-state index is 0.385. The van der Waals surface area contributed by atoms with Crippen molar-refractivity contribution in [3.8, 4) is 0 Å². The third kappa shape index (κ3) is 3.56. The maximum Gasteiger partial charge on any atom is 0.0453 e. The third-order valence-electron chi connectivity index (χ3n) is 5.15. The van der Waals surface area contributed by atoms with E-state index in [0.717, 1.165) is 24.5 Å². The van der Waals surface area contributed by atoms with Crippen molar-refractivity contribution >= 4 is 23.2 Å². The summed E-state index contributed by atoms with van der Waals surface area (Å²) in [4.78, 5) is 2.63. The number of nitrogens with zero attached hydrogens (tertiary/aromatic N) is 1. The first-order valence-electron chi connectivity index (χ1n) is 8.01. The average Bonchev–Trinajstić information content (AvgIpc) is 2.90. The van der Waals surface area contributed by atoms with Gasteiger partial charge < -0.3 is 5.32 Å². The van der Waals surface area contributed by atoms with Gasteiger partial charge in [-0.1, -0.05) is 42.1 Å². The molecule has 1 spiro atoms. The third-order valence-corrected chi connectivity index (χ3v) is 5.73. The minimum Gasteiger partial charge on any atom is -0.308 e. The lowest BCUT2D eigenvalue weighted by molar-refractivity contribution is 0.0903. The Labute approximate surface area is 137 Å². The summed E-state index contributed by atoms with van der Waals surface area (Å²) in [5.41, 5.74) is 1.59. The van der Waals surface area contributed by atoms with Crippen LogP contribution in [0.15, 0.2) is 18.2 Å². The zero-order valence-electron chi connectivity index (χ0n) is 12.7. The highest BCUT2D eigenvalue weighted by Gasteiger charge is 2.39. The summed E-state index contributed by atoms with van der Waals surface area (Å²) in [7, 11) is 0. The zero-order chi connectivity index (χ0) is 14.9. The topological polar surface area (TPSA) is 15.3 Å². The molecule has 1 unspecified atom stereocenters. The summed E-state index contributed by atoms with van der Waals surface area (Å²) >= 11 is 12.3. The van der Waals surface area contributed by atoms with Crippen molar-refractivity contribution in [1.29, 1.82) is 0 Å². The summed E-state index contributed by atoms with van der Waals surface area (Å²) in [5.74, 6) is 0. The first-order valence-corrected chi connectivity index (χ1v) is 8.77. The van der Waals surface area contributed by atoms with Crippen molar-refractivity contribution in [2.45, 2.75) is 50.6 Å². The number of piperazine rings is 1. The van der Waals surface area contributed by atoms with Crippen LogP contribution in [0.5, 0.6) is 0 Å². The second kappa shape index (κ2) is 6.45. The van der Waals surface area contributed by atoms with Gasteiger partial charge in [-0.3, -0.25) is 4.90 Å². The lowest BCUT2D eigenvalue weighted by atomic mass is 9.92. The first-order chi connectivity index (χ1) is 10.1. The molecule has 116 valence electrons. The predicted molar refractivity (Wildman–Crippen MR) is 90.4 cm³/mol. The molecule has 1 aromatic carbocycles. The van der Waals surface area contributed by atoms with Gasteiger partial charge in [-0.25, -0.2) is 0 Å². The average molecular weight is 327 g/mol. The van der Waals surface area contributed by atoms with Crippen molar-refractivity contribution in [3.63, 3.8) is 0 Å². The van der Waals surface area contributed by atoms with Gasteiger partial charge in [0.25, 0.3) is 0 Å². The Hall–Kier alpha value is -0.280. The lowest BCUT2D eigenvalue weighted by Gasteiger charge is -2.45. The molecule has 1 aliphatic carbocycles. The van der Waals surface area contributed by atoms with E-state index in [1.807, 2.05) is 12.1 Å². The number of hydrogen-bond donors (Lipinski definition) is 1. The number of rotatable bonds is 3. The predicted octanol–water partition coefficient (Wildman–Crippen LogP) is 4.14. The van der Waals surface area contributed by atoms with Gasteiger partial charge in [-0.15, -0.1) is 0 Å². The molecule has 1 atom stereocenters. The monoisotopic (exact) mass is 326 g/mol. The molecule has 3 rings (SSSR count). The number of benzene rings is 1. The van der Waals surface area contributed by atoms with Gasteiger partial charge in [0.15, 0.2) is 0 Å². The molecule has 21 heavy (non-hydrogen) atoms. The highest BCUT2D eigenvalue weighted by atomic mass is 35.5. The first kappa shape index (κ1) is 15.6. The van der Waals surface area contributed by atoms with Crippen molar-refractivity contribution < 1.29 is 0 Å². The lowest BCUT2D eigenvalue weighted by Crippen LogP contribution is -2.62. The molecule has 2 nitrogen and oxygen atoms in total. The van der Waals surface area contributed by atoms with Gasteiger partial charge in [0.05, 0.1) is 0 Å². The van der Waals surface area contributed by atoms with E-state index in [9.17, 15) is 0 Å². The van der Waals surface area contributed by atoms with Crippen LogP contribution in [0.4, 0.5) is 0 Å². The molecule has 1 aromatic rings. The van der Waals surface area contributed by atoms with E-state index in [2.05, 4.69) is 23.2 Å². The van der Waals surface area contributed by atoms with Crippen LogP contribution in [0.1, 0.15) is 38.2 Å². The van der Waals surface area contributed by atoms with Gasteiger partial charge in [0.2, 0.25) is 0 Å². The van der Waals surface area contributed by atoms with Gasteiger partial charge in [-0.05, 0) is 43.9 Å². The van der Waals surface area contributed by atoms with Gasteiger partial charge in [0, 0.05) is 41.3 Å². The second-order valence-electron chi connectivity index (χ2n) is 6.67. The number of hydrogen-bond acceptors (Lipinski definition) is 2. The van der Waals surface area contributed by atoms with E-state index in [0.29, 0.717) is 16.6 Å². The summed E-state index contributed by atoms with van der Waals surface area (Å²) in [6.07, 6.45) is 6.41. The van der Waals surface area contributed by atoms with Crippen molar-refractivity contribution in [1.82, 2.24) is 10.2 Å². The Morgan fingerprint density at radius 1 is 1.29 bits per heavy atom. The normalized spacial score (nSPS) is 25.6. The molecule has 1 saturated heterocycles. The van der Waals surface area contributed by atoms with Gasteiger partial charge in [-0.2, -0.15) is 0 Å². The molecule has 1 heterocycles. The highest BCUT2D eigenvalue weighted by molar-refractivity contribution is 6.35. The van der Waals surface area contributed by atoms with E-state index in [1.54, 1.807) is 0 Å². The number of halogens is 2. The van der Waals surface area contributed by atoms with E-state index in [-0.39, 0.29) is 0 Å². The van der Waals surface area contributed by atoms with Crippen LogP contribution in [0.25, 0.3) is 0 Å². The Bertz CT molecular complexity index is 498. The molecule has 0 amide bonds. The fourth-order valence-electron chi connectivity index (χ4n) is 3.77. The highest BCUT2D eigenvalue weighted by Crippen LogP contribution is 2.33. The zero-order valence-corrected chi connectivity index (χ0v) is 14.2. The molecular formula is C17H24Cl2N2. The molecule has 2 fully saturated rings. The SMILES string of the molecule is CC1CNC2(CCCC2)CN1CCc1ccc(Cl)cc1Cl. The van der Waals surface area contributed by atoms with Crippen LogP contribution in [-0.2, 0) is 6.42 Å². The molecule has 1 aliphatic heterocycles. The maximum absolute atomic E-state index is 6.29.